The second-order valence-electron chi connectivity index (χ2n) is 3.32. The van der Waals surface area contributed by atoms with E-state index in [1.54, 1.807) is 31.5 Å². The molecule has 82 valence electrons. The fourth-order valence-electron chi connectivity index (χ4n) is 0.812. The van der Waals surface area contributed by atoms with E-state index in [1.165, 1.54) is 6.08 Å². The van der Waals surface area contributed by atoms with Gasteiger partial charge in [-0.1, -0.05) is 26.0 Å². The predicted molar refractivity (Wildman–Crippen MR) is 63.3 cm³/mol. The van der Waals surface area contributed by atoms with E-state index in [-0.39, 0.29) is 5.57 Å². The van der Waals surface area contributed by atoms with Gasteiger partial charge in [0.2, 0.25) is 0 Å². The van der Waals surface area contributed by atoms with E-state index in [9.17, 15) is 4.79 Å². The number of nitrogens with zero attached hydrogens (tertiary/aromatic N) is 1. The number of aliphatic carboxylic acids is 1. The number of hydrogen-bond donors (Lipinski definition) is 1. The minimum absolute atomic E-state index is 0.242. The van der Waals surface area contributed by atoms with Crippen LogP contribution in [-0.4, -0.2) is 24.3 Å². The van der Waals surface area contributed by atoms with Gasteiger partial charge in [-0.3, -0.25) is 4.99 Å². The van der Waals surface area contributed by atoms with Crippen LogP contribution in [-0.2, 0) is 4.79 Å². The highest BCUT2D eigenvalue weighted by atomic mass is 16.4. The monoisotopic (exact) mass is 207 g/mol. The lowest BCUT2D eigenvalue weighted by atomic mass is 10.1. The maximum Gasteiger partial charge on any atom is 0.335 e. The zero-order valence-corrected chi connectivity index (χ0v) is 9.34. The fourth-order valence-corrected chi connectivity index (χ4v) is 0.812. The Balaban J connectivity index is 4.59. The van der Waals surface area contributed by atoms with Crippen molar-refractivity contribution in [1.29, 1.82) is 0 Å². The molecule has 0 spiro atoms. The molecule has 0 heterocycles. The van der Waals surface area contributed by atoms with Crippen LogP contribution in [0.5, 0.6) is 0 Å². The van der Waals surface area contributed by atoms with E-state index in [1.807, 2.05) is 19.9 Å². The van der Waals surface area contributed by atoms with Gasteiger partial charge in [0.25, 0.3) is 0 Å². The maximum absolute atomic E-state index is 10.8. The van der Waals surface area contributed by atoms with Crippen molar-refractivity contribution in [1.82, 2.24) is 0 Å². The van der Waals surface area contributed by atoms with Crippen molar-refractivity contribution in [3.63, 3.8) is 0 Å². The lowest BCUT2D eigenvalue weighted by Gasteiger charge is -1.93. The summed E-state index contributed by atoms with van der Waals surface area (Å²) in [5.74, 6) is -0.526. The molecule has 0 atom stereocenters. The van der Waals surface area contributed by atoms with Gasteiger partial charge in [0.15, 0.2) is 0 Å². The Bertz CT molecular complexity index is 310. The summed E-state index contributed by atoms with van der Waals surface area (Å²) in [6.07, 6.45) is 9.92. The SMILES string of the molecule is CN=C\C=C/C(=C\C=C\C(C)C)C(=O)O. The molecule has 0 fully saturated rings. The second kappa shape index (κ2) is 7.74. The molecule has 3 nitrogen and oxygen atoms in total. The van der Waals surface area contributed by atoms with Crippen LogP contribution < -0.4 is 0 Å². The van der Waals surface area contributed by atoms with Crippen LogP contribution in [0.4, 0.5) is 0 Å². The number of carboxylic acids is 1. The third kappa shape index (κ3) is 7.43. The number of aliphatic imine (C=N–C) groups is 1. The smallest absolute Gasteiger partial charge is 0.335 e. The Morgan fingerprint density at radius 1 is 1.33 bits per heavy atom. The topological polar surface area (TPSA) is 49.7 Å². The molecule has 0 aliphatic heterocycles. The molecule has 0 bridgehead atoms. The molecule has 15 heavy (non-hydrogen) atoms. The van der Waals surface area contributed by atoms with Crippen molar-refractivity contribution in [3.05, 3.63) is 36.0 Å². The summed E-state index contributed by atoms with van der Waals surface area (Å²) in [5.41, 5.74) is 0.242. The molecule has 0 aromatic rings. The first-order valence-corrected chi connectivity index (χ1v) is 4.78. The highest BCUT2D eigenvalue weighted by molar-refractivity contribution is 5.91. The molecule has 0 saturated carbocycles. The van der Waals surface area contributed by atoms with E-state index in [0.717, 1.165) is 0 Å². The summed E-state index contributed by atoms with van der Waals surface area (Å²) in [7, 11) is 1.63. The molecule has 0 radical (unpaired) electrons. The molecule has 0 aromatic heterocycles. The summed E-state index contributed by atoms with van der Waals surface area (Å²) in [6.45, 7) is 4.06. The van der Waals surface area contributed by atoms with Gasteiger partial charge in [0.1, 0.15) is 0 Å². The minimum Gasteiger partial charge on any atom is -0.478 e. The second-order valence-corrected chi connectivity index (χ2v) is 3.32. The number of carbonyl (C=O) groups is 1. The van der Waals surface area contributed by atoms with Crippen LogP contribution in [0.1, 0.15) is 13.8 Å². The fraction of sp³-hybridized carbons (Fsp3) is 0.333. The standard InChI is InChI=1S/C12H17NO2/c1-10(2)6-4-7-11(12(14)15)8-5-9-13-3/h4-10H,1-3H3,(H,14,15)/b6-4+,8-5-,11-7+,13-9?. The van der Waals surface area contributed by atoms with Crippen molar-refractivity contribution >= 4 is 12.2 Å². The van der Waals surface area contributed by atoms with E-state index >= 15 is 0 Å². The average Bonchev–Trinajstić information content (AvgIpc) is 2.15. The molecule has 0 aliphatic rings. The molecule has 0 rings (SSSR count). The van der Waals surface area contributed by atoms with Crippen molar-refractivity contribution in [2.24, 2.45) is 10.9 Å². The first kappa shape index (κ1) is 13.4. The number of rotatable bonds is 5. The summed E-state index contributed by atoms with van der Waals surface area (Å²) in [4.78, 5) is 14.5. The number of allylic oxidation sites excluding steroid dienone is 4. The zero-order chi connectivity index (χ0) is 11.7. The van der Waals surface area contributed by atoms with Gasteiger partial charge < -0.3 is 5.11 Å². The lowest BCUT2D eigenvalue weighted by molar-refractivity contribution is -0.132. The Labute approximate surface area is 90.5 Å². The van der Waals surface area contributed by atoms with Gasteiger partial charge in [0.05, 0.1) is 5.57 Å². The van der Waals surface area contributed by atoms with Crippen LogP contribution in [0.15, 0.2) is 40.9 Å². The van der Waals surface area contributed by atoms with E-state index in [0.29, 0.717) is 5.92 Å². The third-order valence-corrected chi connectivity index (χ3v) is 1.53. The van der Waals surface area contributed by atoms with Gasteiger partial charge in [-0.25, -0.2) is 4.79 Å². The van der Waals surface area contributed by atoms with Crippen LogP contribution in [0.3, 0.4) is 0 Å². The normalized spacial score (nSPS) is 13.7. The first-order chi connectivity index (χ1) is 7.07. The molecule has 3 heteroatoms. The average molecular weight is 207 g/mol. The van der Waals surface area contributed by atoms with Crippen LogP contribution in [0.2, 0.25) is 0 Å². The molecule has 0 amide bonds. The molecule has 0 saturated heterocycles. The molecule has 0 aromatic carbocycles. The highest BCUT2D eigenvalue weighted by Crippen LogP contribution is 2.00. The number of carboxylic acid groups (broad SMARTS) is 1. The molecular weight excluding hydrogens is 190 g/mol. The molecule has 0 unspecified atom stereocenters. The molecule has 1 N–H and O–H groups in total. The van der Waals surface area contributed by atoms with Crippen molar-refractivity contribution < 1.29 is 9.90 Å². The van der Waals surface area contributed by atoms with Gasteiger partial charge in [0, 0.05) is 13.3 Å². The van der Waals surface area contributed by atoms with Gasteiger partial charge >= 0.3 is 5.97 Å². The summed E-state index contributed by atoms with van der Waals surface area (Å²) < 4.78 is 0. The van der Waals surface area contributed by atoms with Crippen LogP contribution in [0, 0.1) is 5.92 Å². The van der Waals surface area contributed by atoms with Crippen molar-refractivity contribution in [3.8, 4) is 0 Å². The number of hydrogen-bond acceptors (Lipinski definition) is 2. The highest BCUT2D eigenvalue weighted by Gasteiger charge is 1.99. The van der Waals surface area contributed by atoms with E-state index < -0.39 is 5.97 Å². The Morgan fingerprint density at radius 2 is 2.00 bits per heavy atom. The summed E-state index contributed by atoms with van der Waals surface area (Å²) in [6, 6.07) is 0. The van der Waals surface area contributed by atoms with Crippen molar-refractivity contribution in [2.75, 3.05) is 7.05 Å². The Kier molecular flexibility index (Phi) is 6.89. The summed E-state index contributed by atoms with van der Waals surface area (Å²) >= 11 is 0. The molecular formula is C12H17NO2. The molecule has 0 aliphatic carbocycles. The largest absolute Gasteiger partial charge is 0.478 e. The van der Waals surface area contributed by atoms with Crippen LogP contribution >= 0.6 is 0 Å². The van der Waals surface area contributed by atoms with Gasteiger partial charge in [-0.15, -0.1) is 0 Å². The first-order valence-electron chi connectivity index (χ1n) is 4.78. The quantitative estimate of drug-likeness (QED) is 0.427. The van der Waals surface area contributed by atoms with Crippen molar-refractivity contribution in [2.45, 2.75) is 13.8 Å². The van der Waals surface area contributed by atoms with E-state index in [4.69, 9.17) is 5.11 Å². The van der Waals surface area contributed by atoms with E-state index in [2.05, 4.69) is 4.99 Å². The Morgan fingerprint density at radius 3 is 2.47 bits per heavy atom. The summed E-state index contributed by atoms with van der Waals surface area (Å²) in [5, 5.41) is 8.84. The Hall–Kier alpha value is -1.64. The third-order valence-electron chi connectivity index (χ3n) is 1.53. The van der Waals surface area contributed by atoms with Gasteiger partial charge in [-0.2, -0.15) is 0 Å². The lowest BCUT2D eigenvalue weighted by Crippen LogP contribution is -1.96. The van der Waals surface area contributed by atoms with Crippen LogP contribution in [0.25, 0.3) is 0 Å². The minimum atomic E-state index is -0.941. The predicted octanol–water partition coefficient (Wildman–Crippen LogP) is 2.47. The maximum atomic E-state index is 10.8. The van der Waals surface area contributed by atoms with Gasteiger partial charge in [-0.05, 0) is 24.1 Å². The zero-order valence-electron chi connectivity index (χ0n) is 9.34.